The number of H-pyrrole nitrogens is 1. The van der Waals surface area contributed by atoms with Crippen molar-refractivity contribution in [3.63, 3.8) is 0 Å². The number of aromatic amines is 1. The summed E-state index contributed by atoms with van der Waals surface area (Å²) in [5.41, 5.74) is 1.57. The topological polar surface area (TPSA) is 142 Å². The van der Waals surface area contributed by atoms with Crippen LogP contribution >= 0.6 is 0 Å². The third kappa shape index (κ3) is 8.72. The fourth-order valence-electron chi connectivity index (χ4n) is 7.52. The first-order valence-corrected chi connectivity index (χ1v) is 19.8. The lowest BCUT2D eigenvalue weighted by Crippen LogP contribution is -2.41. The number of nitrogens with one attached hydrogen (secondary N) is 2. The van der Waals surface area contributed by atoms with Gasteiger partial charge < -0.3 is 38.7 Å². The number of hydrogen-bond donors (Lipinski definition) is 3. The Hall–Kier alpha value is -5.28. The fourth-order valence-corrected chi connectivity index (χ4v) is 7.52. The highest BCUT2D eigenvalue weighted by Crippen LogP contribution is 2.43. The fraction of sp³-hybridized carbons (Fsp3) is 0.348. The van der Waals surface area contributed by atoms with Gasteiger partial charge in [0.25, 0.3) is 5.56 Å². The standard InChI is InChI=1S/C46H52BN3O9/c1-44(2)45(3,4)59-47(58-44)38-17-11-10-13-31(38)28-48-26-12-14-32-29-50(43(53)49-42(32)52)41-27-39(51)40(57-41)30-56-46(33-15-8-7-9-16-33,34-18-22-36(54-5)23-19-34)35-20-24-37(55-6)25-21-35/h7-25,29,39-41,48,51H,26-28,30H2,1-6H3,(H,49,52,53)/t39?,40-,41-/m1/s1. The Labute approximate surface area is 344 Å². The zero-order valence-corrected chi connectivity index (χ0v) is 34.3. The predicted octanol–water partition coefficient (Wildman–Crippen LogP) is 5.31. The molecule has 7 rings (SSSR count). The van der Waals surface area contributed by atoms with Crippen molar-refractivity contribution in [1.82, 2.24) is 14.9 Å². The van der Waals surface area contributed by atoms with Crippen molar-refractivity contribution in [3.05, 3.63) is 164 Å². The summed E-state index contributed by atoms with van der Waals surface area (Å²) in [6, 6.07) is 33.1. The third-order valence-corrected chi connectivity index (χ3v) is 11.6. The Balaban J connectivity index is 1.06. The first-order valence-electron chi connectivity index (χ1n) is 19.8. The van der Waals surface area contributed by atoms with E-state index in [2.05, 4.69) is 10.3 Å². The molecule has 0 saturated carbocycles. The molecule has 0 radical (unpaired) electrons. The van der Waals surface area contributed by atoms with Crippen molar-refractivity contribution in [2.24, 2.45) is 0 Å². The molecule has 2 aliphatic heterocycles. The van der Waals surface area contributed by atoms with E-state index >= 15 is 0 Å². The van der Waals surface area contributed by atoms with Crippen LogP contribution in [-0.4, -0.2) is 72.6 Å². The second kappa shape index (κ2) is 17.5. The van der Waals surface area contributed by atoms with Gasteiger partial charge in [-0.15, -0.1) is 0 Å². The predicted molar refractivity (Wildman–Crippen MR) is 227 cm³/mol. The van der Waals surface area contributed by atoms with Crippen molar-refractivity contribution in [3.8, 4) is 11.5 Å². The van der Waals surface area contributed by atoms with Gasteiger partial charge in [0, 0.05) is 25.7 Å². The van der Waals surface area contributed by atoms with E-state index < -0.39 is 53.6 Å². The number of benzene rings is 4. The number of hydrogen-bond acceptors (Lipinski definition) is 10. The quantitative estimate of drug-likeness (QED) is 0.0725. The number of aliphatic hydroxyl groups is 1. The summed E-state index contributed by atoms with van der Waals surface area (Å²) in [5.74, 6) is 1.39. The molecule has 3 atom stereocenters. The van der Waals surface area contributed by atoms with E-state index in [0.29, 0.717) is 24.6 Å². The number of rotatable bonds is 15. The first kappa shape index (κ1) is 41.9. The van der Waals surface area contributed by atoms with Gasteiger partial charge in [-0.05, 0) is 79.7 Å². The second-order valence-corrected chi connectivity index (χ2v) is 15.8. The van der Waals surface area contributed by atoms with Crippen LogP contribution in [0.3, 0.4) is 0 Å². The van der Waals surface area contributed by atoms with Crippen molar-refractivity contribution in [1.29, 1.82) is 0 Å². The molecule has 2 saturated heterocycles. The molecule has 0 amide bonds. The third-order valence-electron chi connectivity index (χ3n) is 11.6. The molecule has 308 valence electrons. The minimum Gasteiger partial charge on any atom is -0.497 e. The molecule has 0 aliphatic carbocycles. The molecular formula is C46H52BN3O9. The maximum Gasteiger partial charge on any atom is 0.495 e. The monoisotopic (exact) mass is 801 g/mol. The molecular weight excluding hydrogens is 749 g/mol. The van der Waals surface area contributed by atoms with E-state index in [1.165, 1.54) is 10.8 Å². The average Bonchev–Trinajstić information content (AvgIpc) is 3.72. The highest BCUT2D eigenvalue weighted by molar-refractivity contribution is 6.62. The normalized spacial score (nSPS) is 20.0. The van der Waals surface area contributed by atoms with Crippen LogP contribution in [0.1, 0.15) is 68.2 Å². The van der Waals surface area contributed by atoms with Crippen LogP contribution < -0.4 is 31.5 Å². The van der Waals surface area contributed by atoms with E-state index in [-0.39, 0.29) is 18.6 Å². The van der Waals surface area contributed by atoms with E-state index in [1.54, 1.807) is 20.3 Å². The van der Waals surface area contributed by atoms with Gasteiger partial charge in [-0.1, -0.05) is 91.0 Å². The minimum absolute atomic E-state index is 0.0290. The molecule has 2 fully saturated rings. The van der Waals surface area contributed by atoms with Gasteiger partial charge in [0.05, 0.1) is 43.7 Å². The summed E-state index contributed by atoms with van der Waals surface area (Å²) in [5, 5.41) is 14.8. The molecule has 5 aromatic rings. The molecule has 1 aromatic heterocycles. The van der Waals surface area contributed by atoms with Crippen molar-refractivity contribution in [2.75, 3.05) is 27.4 Å². The lowest BCUT2D eigenvalue weighted by Gasteiger charge is -2.37. The Morgan fingerprint density at radius 3 is 2.03 bits per heavy atom. The highest BCUT2D eigenvalue weighted by atomic mass is 16.7. The van der Waals surface area contributed by atoms with Crippen LogP contribution in [0.4, 0.5) is 0 Å². The van der Waals surface area contributed by atoms with Crippen LogP contribution in [-0.2, 0) is 30.9 Å². The summed E-state index contributed by atoms with van der Waals surface area (Å²) in [4.78, 5) is 28.5. The van der Waals surface area contributed by atoms with Crippen LogP contribution in [0.25, 0.3) is 6.08 Å². The second-order valence-electron chi connectivity index (χ2n) is 15.8. The van der Waals surface area contributed by atoms with E-state index in [1.807, 2.05) is 137 Å². The molecule has 3 N–H and O–H groups in total. The minimum atomic E-state index is -1.13. The zero-order chi connectivity index (χ0) is 41.8. The van der Waals surface area contributed by atoms with Crippen LogP contribution in [0, 0.1) is 0 Å². The summed E-state index contributed by atoms with van der Waals surface area (Å²) >= 11 is 0. The summed E-state index contributed by atoms with van der Waals surface area (Å²) in [7, 11) is 2.75. The summed E-state index contributed by atoms with van der Waals surface area (Å²) < 4.78 is 38.1. The largest absolute Gasteiger partial charge is 0.497 e. The molecule has 59 heavy (non-hydrogen) atoms. The van der Waals surface area contributed by atoms with Gasteiger partial charge >= 0.3 is 12.8 Å². The van der Waals surface area contributed by atoms with Gasteiger partial charge in [-0.3, -0.25) is 14.3 Å². The van der Waals surface area contributed by atoms with Crippen LogP contribution in [0.15, 0.2) is 125 Å². The van der Waals surface area contributed by atoms with Gasteiger partial charge in [0.2, 0.25) is 0 Å². The number of aromatic nitrogens is 2. The maximum absolute atomic E-state index is 13.2. The van der Waals surface area contributed by atoms with Crippen LogP contribution in [0.5, 0.6) is 11.5 Å². The van der Waals surface area contributed by atoms with Crippen LogP contribution in [0.2, 0.25) is 0 Å². The van der Waals surface area contributed by atoms with E-state index in [0.717, 1.165) is 27.7 Å². The van der Waals surface area contributed by atoms with Gasteiger partial charge in [-0.25, -0.2) is 4.79 Å². The molecule has 2 aliphatic rings. The molecule has 0 spiro atoms. The number of methoxy groups -OCH3 is 2. The molecule has 1 unspecified atom stereocenters. The number of nitrogens with zero attached hydrogens (tertiary/aromatic N) is 1. The zero-order valence-electron chi connectivity index (χ0n) is 34.3. The SMILES string of the molecule is COc1ccc(C(OC[C@H]2O[C@@H](n3cc(C=CCNCc4ccccc4B4OC(C)(C)C(C)(C)O4)c(=O)[nH]c3=O)CC2O)(c2ccccc2)c2ccc(OC)cc2)cc1. The maximum atomic E-state index is 13.2. The van der Waals surface area contributed by atoms with Crippen molar-refractivity contribution < 1.29 is 33.4 Å². The van der Waals surface area contributed by atoms with Gasteiger partial charge in [0.1, 0.15) is 29.4 Å². The summed E-state index contributed by atoms with van der Waals surface area (Å²) in [6.45, 7) is 9.08. The summed E-state index contributed by atoms with van der Waals surface area (Å²) in [6.07, 6.45) is 2.42. The number of ether oxygens (including phenoxy) is 4. The molecule has 0 bridgehead atoms. The van der Waals surface area contributed by atoms with E-state index in [9.17, 15) is 14.7 Å². The van der Waals surface area contributed by atoms with Crippen molar-refractivity contribution in [2.45, 2.75) is 75.9 Å². The molecule has 4 aromatic carbocycles. The van der Waals surface area contributed by atoms with Gasteiger partial charge in [-0.2, -0.15) is 0 Å². The average molecular weight is 802 g/mol. The molecule has 13 heteroatoms. The Kier molecular flexibility index (Phi) is 12.4. The lowest BCUT2D eigenvalue weighted by molar-refractivity contribution is -0.0944. The Bertz CT molecular complexity index is 2280. The van der Waals surface area contributed by atoms with Crippen molar-refractivity contribution >= 4 is 18.7 Å². The molecule has 3 heterocycles. The molecule has 12 nitrogen and oxygen atoms in total. The lowest BCUT2D eigenvalue weighted by atomic mass is 9.76. The number of aliphatic hydroxyl groups excluding tert-OH is 1. The Morgan fingerprint density at radius 1 is 0.847 bits per heavy atom. The smallest absolute Gasteiger partial charge is 0.495 e. The van der Waals surface area contributed by atoms with Gasteiger partial charge in [0.15, 0.2) is 0 Å². The Morgan fingerprint density at radius 2 is 1.42 bits per heavy atom. The highest BCUT2D eigenvalue weighted by Gasteiger charge is 2.52. The van der Waals surface area contributed by atoms with E-state index in [4.69, 9.17) is 28.3 Å². The first-order chi connectivity index (χ1) is 28.3.